The lowest BCUT2D eigenvalue weighted by Crippen LogP contribution is -2.34. The van der Waals surface area contributed by atoms with Gasteiger partial charge in [-0.05, 0) is 35.6 Å². The van der Waals surface area contributed by atoms with E-state index in [2.05, 4.69) is 43.4 Å². The van der Waals surface area contributed by atoms with Gasteiger partial charge in [0.25, 0.3) is 0 Å². The molecule has 0 fully saturated rings. The largest absolute Gasteiger partial charge is 0.356 e. The van der Waals surface area contributed by atoms with Crippen molar-refractivity contribution in [2.75, 3.05) is 14.2 Å². The summed E-state index contributed by atoms with van der Waals surface area (Å²) in [5.74, 6) is 0.524. The van der Waals surface area contributed by atoms with Gasteiger partial charge in [0.1, 0.15) is 0 Å². The molecule has 4 heteroatoms. The maximum atomic E-state index is 12.7. The summed E-state index contributed by atoms with van der Waals surface area (Å²) in [5, 5.41) is 5.50. The molecule has 1 unspecified atom stereocenters. The lowest BCUT2D eigenvalue weighted by Gasteiger charge is -2.26. The van der Waals surface area contributed by atoms with Gasteiger partial charge in [-0.15, -0.1) is 0 Å². The Balaban J connectivity index is 2.09. The van der Waals surface area contributed by atoms with Crippen LogP contribution in [0.25, 0.3) is 10.8 Å². The standard InChI is InChI=1S/C22H31NO3/c1-15(2)13-18(22(25-4)26-5)14-21(24)23-16(3)19-12-8-10-17-9-6-7-11-20(17)19/h6-12,15-16,18,22H,13-14H2,1-5H3,(H,23,24)/t16-,18?/m0/s1. The highest BCUT2D eigenvalue weighted by Gasteiger charge is 2.25. The first-order chi connectivity index (χ1) is 12.5. The van der Waals surface area contributed by atoms with E-state index in [0.29, 0.717) is 12.3 Å². The van der Waals surface area contributed by atoms with E-state index in [1.54, 1.807) is 14.2 Å². The molecule has 0 saturated heterocycles. The summed E-state index contributed by atoms with van der Waals surface area (Å²) in [6.07, 6.45) is 0.901. The predicted molar refractivity (Wildman–Crippen MR) is 106 cm³/mol. The number of nitrogens with one attached hydrogen (secondary N) is 1. The summed E-state index contributed by atoms with van der Waals surface area (Å²) >= 11 is 0. The number of amides is 1. The molecule has 0 aromatic heterocycles. The maximum absolute atomic E-state index is 12.7. The van der Waals surface area contributed by atoms with Crippen molar-refractivity contribution < 1.29 is 14.3 Å². The molecule has 4 nitrogen and oxygen atoms in total. The van der Waals surface area contributed by atoms with Crippen LogP contribution in [0.4, 0.5) is 0 Å². The number of hydrogen-bond acceptors (Lipinski definition) is 3. The Morgan fingerprint density at radius 2 is 1.65 bits per heavy atom. The van der Waals surface area contributed by atoms with Gasteiger partial charge >= 0.3 is 0 Å². The lowest BCUT2D eigenvalue weighted by molar-refractivity contribution is -0.149. The van der Waals surface area contributed by atoms with E-state index in [1.165, 1.54) is 10.8 Å². The molecule has 2 aromatic carbocycles. The second-order valence-electron chi connectivity index (χ2n) is 7.29. The smallest absolute Gasteiger partial charge is 0.220 e. The molecule has 2 aromatic rings. The zero-order valence-electron chi connectivity index (χ0n) is 16.5. The SMILES string of the molecule is COC(OC)C(CC(=O)N[C@@H](C)c1cccc2ccccc12)CC(C)C. The van der Waals surface area contributed by atoms with Crippen molar-refractivity contribution in [1.82, 2.24) is 5.32 Å². The van der Waals surface area contributed by atoms with Gasteiger partial charge < -0.3 is 14.8 Å². The molecule has 26 heavy (non-hydrogen) atoms. The molecule has 0 aliphatic carbocycles. The Kier molecular flexibility index (Phi) is 7.61. The highest BCUT2D eigenvalue weighted by atomic mass is 16.7. The third-order valence-electron chi connectivity index (χ3n) is 4.74. The Morgan fingerprint density at radius 3 is 2.31 bits per heavy atom. The van der Waals surface area contributed by atoms with E-state index in [0.717, 1.165) is 12.0 Å². The average Bonchev–Trinajstić information content (AvgIpc) is 2.61. The van der Waals surface area contributed by atoms with Crippen LogP contribution in [0.1, 0.15) is 45.2 Å². The van der Waals surface area contributed by atoms with Crippen LogP contribution in [-0.2, 0) is 14.3 Å². The van der Waals surface area contributed by atoms with Crippen LogP contribution in [0.15, 0.2) is 42.5 Å². The minimum atomic E-state index is -0.365. The van der Waals surface area contributed by atoms with Gasteiger partial charge in [-0.2, -0.15) is 0 Å². The summed E-state index contributed by atoms with van der Waals surface area (Å²) in [6.45, 7) is 6.32. The van der Waals surface area contributed by atoms with Gasteiger partial charge in [0.15, 0.2) is 6.29 Å². The number of benzene rings is 2. The molecule has 1 amide bonds. The Labute approximate surface area is 156 Å². The molecule has 0 bridgehead atoms. The number of methoxy groups -OCH3 is 2. The number of hydrogen-bond donors (Lipinski definition) is 1. The first-order valence-electron chi connectivity index (χ1n) is 9.28. The highest BCUT2D eigenvalue weighted by Crippen LogP contribution is 2.26. The van der Waals surface area contributed by atoms with Gasteiger partial charge in [-0.3, -0.25) is 4.79 Å². The van der Waals surface area contributed by atoms with E-state index in [-0.39, 0.29) is 24.2 Å². The second kappa shape index (κ2) is 9.70. The fourth-order valence-electron chi connectivity index (χ4n) is 3.62. The van der Waals surface area contributed by atoms with E-state index in [1.807, 2.05) is 25.1 Å². The Hall–Kier alpha value is -1.91. The molecule has 0 aliphatic rings. The van der Waals surface area contributed by atoms with Gasteiger partial charge in [-0.25, -0.2) is 0 Å². The number of rotatable bonds is 9. The van der Waals surface area contributed by atoms with Crippen LogP contribution in [-0.4, -0.2) is 26.4 Å². The van der Waals surface area contributed by atoms with Crippen LogP contribution in [0, 0.1) is 11.8 Å². The lowest BCUT2D eigenvalue weighted by atomic mass is 9.92. The monoisotopic (exact) mass is 357 g/mol. The van der Waals surface area contributed by atoms with Crippen molar-refractivity contribution >= 4 is 16.7 Å². The Bertz CT molecular complexity index is 704. The predicted octanol–water partition coefficient (Wildman–Crippen LogP) is 4.69. The van der Waals surface area contributed by atoms with E-state index < -0.39 is 0 Å². The van der Waals surface area contributed by atoms with Crippen LogP contribution >= 0.6 is 0 Å². The Morgan fingerprint density at radius 1 is 1.00 bits per heavy atom. The first-order valence-corrected chi connectivity index (χ1v) is 9.28. The first kappa shape index (κ1) is 20.4. The van der Waals surface area contributed by atoms with Crippen LogP contribution in [0.3, 0.4) is 0 Å². The fourth-order valence-corrected chi connectivity index (χ4v) is 3.62. The quantitative estimate of drug-likeness (QED) is 0.662. The topological polar surface area (TPSA) is 47.6 Å². The minimum absolute atomic E-state index is 0.0233. The van der Waals surface area contributed by atoms with Gasteiger partial charge in [-0.1, -0.05) is 56.3 Å². The molecule has 0 radical (unpaired) electrons. The van der Waals surface area contributed by atoms with Gasteiger partial charge in [0, 0.05) is 26.6 Å². The molecule has 0 heterocycles. The molecule has 0 saturated carbocycles. The van der Waals surface area contributed by atoms with E-state index >= 15 is 0 Å². The van der Waals surface area contributed by atoms with Crippen LogP contribution < -0.4 is 5.32 Å². The molecule has 2 rings (SSSR count). The fraction of sp³-hybridized carbons (Fsp3) is 0.500. The zero-order chi connectivity index (χ0) is 19.1. The molecular formula is C22H31NO3. The van der Waals surface area contributed by atoms with Crippen molar-refractivity contribution in [2.24, 2.45) is 11.8 Å². The van der Waals surface area contributed by atoms with Crippen molar-refractivity contribution in [3.05, 3.63) is 48.0 Å². The second-order valence-corrected chi connectivity index (χ2v) is 7.29. The summed E-state index contributed by atoms with van der Waals surface area (Å²) in [7, 11) is 3.25. The summed E-state index contributed by atoms with van der Waals surface area (Å²) in [5.41, 5.74) is 1.13. The third-order valence-corrected chi connectivity index (χ3v) is 4.74. The normalized spacial score (nSPS) is 14.0. The average molecular weight is 357 g/mol. The molecule has 2 atom stereocenters. The van der Waals surface area contributed by atoms with Crippen molar-refractivity contribution in [1.29, 1.82) is 0 Å². The molecule has 1 N–H and O–H groups in total. The maximum Gasteiger partial charge on any atom is 0.220 e. The number of ether oxygens (including phenoxy) is 2. The zero-order valence-corrected chi connectivity index (χ0v) is 16.5. The van der Waals surface area contributed by atoms with Crippen LogP contribution in [0.5, 0.6) is 0 Å². The number of fused-ring (bicyclic) bond motifs is 1. The number of carbonyl (C=O) groups excluding carboxylic acids is 1. The van der Waals surface area contributed by atoms with Crippen molar-refractivity contribution in [3.8, 4) is 0 Å². The molecule has 142 valence electrons. The highest BCUT2D eigenvalue weighted by molar-refractivity contribution is 5.86. The van der Waals surface area contributed by atoms with Gasteiger partial charge in [0.2, 0.25) is 5.91 Å². The molecule has 0 aliphatic heterocycles. The molecular weight excluding hydrogens is 326 g/mol. The third kappa shape index (κ3) is 5.29. The molecule has 0 spiro atoms. The van der Waals surface area contributed by atoms with Crippen molar-refractivity contribution in [2.45, 2.75) is 45.9 Å². The summed E-state index contributed by atoms with van der Waals surface area (Å²) in [6, 6.07) is 14.4. The van der Waals surface area contributed by atoms with Crippen LogP contribution in [0.2, 0.25) is 0 Å². The van der Waals surface area contributed by atoms with E-state index in [9.17, 15) is 4.79 Å². The summed E-state index contributed by atoms with van der Waals surface area (Å²) < 4.78 is 10.8. The summed E-state index contributed by atoms with van der Waals surface area (Å²) in [4.78, 5) is 12.7. The number of carbonyl (C=O) groups is 1. The van der Waals surface area contributed by atoms with Crippen molar-refractivity contribution in [3.63, 3.8) is 0 Å². The van der Waals surface area contributed by atoms with Gasteiger partial charge in [0.05, 0.1) is 6.04 Å². The minimum Gasteiger partial charge on any atom is -0.356 e. The van der Waals surface area contributed by atoms with E-state index in [4.69, 9.17) is 9.47 Å².